The van der Waals surface area contributed by atoms with Gasteiger partial charge in [-0.15, -0.1) is 0 Å². The Kier molecular flexibility index (Phi) is 6.47. The Hall–Kier alpha value is -3.09. The van der Waals surface area contributed by atoms with Crippen LogP contribution in [0.3, 0.4) is 0 Å². The van der Waals surface area contributed by atoms with Crippen molar-refractivity contribution >= 4 is 22.7 Å². The second-order valence-corrected chi connectivity index (χ2v) is 7.61. The molecule has 1 aromatic heterocycles. The first-order valence-corrected chi connectivity index (χ1v) is 10.1. The van der Waals surface area contributed by atoms with E-state index in [1.165, 1.54) is 11.8 Å². The van der Waals surface area contributed by atoms with E-state index in [0.29, 0.717) is 41.2 Å². The highest BCUT2D eigenvalue weighted by atomic mass is 32.2. The molecule has 0 amide bonds. The van der Waals surface area contributed by atoms with Crippen LogP contribution in [0, 0.1) is 35.5 Å². The lowest BCUT2D eigenvalue weighted by atomic mass is 10.1. The Morgan fingerprint density at radius 3 is 2.61 bits per heavy atom. The number of benzene rings is 2. The van der Waals surface area contributed by atoms with Gasteiger partial charge in [0.25, 0.3) is 5.56 Å². The molecule has 5 nitrogen and oxygen atoms in total. The van der Waals surface area contributed by atoms with E-state index in [0.717, 1.165) is 11.1 Å². The summed E-state index contributed by atoms with van der Waals surface area (Å²) in [7, 11) is 0. The summed E-state index contributed by atoms with van der Waals surface area (Å²) in [5.41, 5.74) is 2.75. The molecule has 3 rings (SSSR count). The number of aryl methyl sites for hydroxylation is 1. The molecule has 3 aromatic rings. The molecule has 140 valence electrons. The number of thioether (sulfide) groups is 1. The predicted octanol–water partition coefficient (Wildman–Crippen LogP) is 4.29. The van der Waals surface area contributed by atoms with Gasteiger partial charge in [0, 0.05) is 12.2 Å². The molecule has 0 radical (unpaired) electrons. The van der Waals surface area contributed by atoms with Crippen LogP contribution >= 0.6 is 11.8 Å². The van der Waals surface area contributed by atoms with Crippen LogP contribution in [-0.4, -0.2) is 15.3 Å². The van der Waals surface area contributed by atoms with Crippen LogP contribution in [0.4, 0.5) is 0 Å². The Morgan fingerprint density at radius 1 is 1.14 bits per heavy atom. The lowest BCUT2D eigenvalue weighted by Crippen LogP contribution is -2.24. The molecule has 0 aliphatic rings. The van der Waals surface area contributed by atoms with Crippen LogP contribution in [0.1, 0.15) is 24.0 Å². The third-order valence-corrected chi connectivity index (χ3v) is 5.63. The van der Waals surface area contributed by atoms with Crippen LogP contribution in [-0.2, 0) is 6.54 Å². The number of hydrogen-bond acceptors (Lipinski definition) is 5. The molecule has 0 fully saturated rings. The van der Waals surface area contributed by atoms with Gasteiger partial charge in [-0.1, -0.05) is 53.7 Å². The lowest BCUT2D eigenvalue weighted by Gasteiger charge is -2.14. The predicted molar refractivity (Wildman–Crippen MR) is 111 cm³/mol. The fourth-order valence-corrected chi connectivity index (χ4v) is 3.93. The van der Waals surface area contributed by atoms with Crippen molar-refractivity contribution in [1.29, 1.82) is 10.5 Å². The van der Waals surface area contributed by atoms with Crippen molar-refractivity contribution in [3.63, 3.8) is 0 Å². The first-order valence-electron chi connectivity index (χ1n) is 9.07. The summed E-state index contributed by atoms with van der Waals surface area (Å²) in [6.45, 7) is 2.45. The largest absolute Gasteiger partial charge is 0.283 e. The first-order chi connectivity index (χ1) is 13.6. The van der Waals surface area contributed by atoms with E-state index < -0.39 is 0 Å². The van der Waals surface area contributed by atoms with Crippen molar-refractivity contribution < 1.29 is 0 Å². The molecule has 0 aliphatic carbocycles. The van der Waals surface area contributed by atoms with Crippen LogP contribution in [0.25, 0.3) is 10.9 Å². The average Bonchev–Trinajstić information content (AvgIpc) is 2.72. The molecular formula is C22H20N4OS. The maximum Gasteiger partial charge on any atom is 0.262 e. The number of rotatable bonds is 7. The topological polar surface area (TPSA) is 82.5 Å². The summed E-state index contributed by atoms with van der Waals surface area (Å²) < 4.78 is 1.68. The smallest absolute Gasteiger partial charge is 0.262 e. The molecule has 0 unspecified atom stereocenters. The molecule has 28 heavy (non-hydrogen) atoms. The molecule has 0 saturated heterocycles. The Balaban J connectivity index is 1.97. The monoisotopic (exact) mass is 388 g/mol. The van der Waals surface area contributed by atoms with Gasteiger partial charge in [0.15, 0.2) is 5.16 Å². The van der Waals surface area contributed by atoms with Gasteiger partial charge < -0.3 is 0 Å². The number of fused-ring (bicyclic) bond motifs is 1. The zero-order chi connectivity index (χ0) is 19.9. The van der Waals surface area contributed by atoms with Crippen molar-refractivity contribution in [3.05, 3.63) is 70.0 Å². The van der Waals surface area contributed by atoms with Gasteiger partial charge in [-0.05, 0) is 31.0 Å². The van der Waals surface area contributed by atoms with Gasteiger partial charge in [0.05, 0.1) is 35.5 Å². The highest BCUT2D eigenvalue weighted by Crippen LogP contribution is 2.23. The highest BCUT2D eigenvalue weighted by molar-refractivity contribution is 7.99. The maximum atomic E-state index is 13.1. The lowest BCUT2D eigenvalue weighted by molar-refractivity contribution is 0.650. The highest BCUT2D eigenvalue weighted by Gasteiger charge is 2.15. The van der Waals surface area contributed by atoms with Crippen LogP contribution in [0.5, 0.6) is 0 Å². The summed E-state index contributed by atoms with van der Waals surface area (Å²) in [5.74, 6) is 0.248. The third-order valence-electron chi connectivity index (χ3n) is 4.49. The minimum absolute atomic E-state index is 0.0841. The minimum atomic E-state index is -0.249. The SMILES string of the molecule is Cc1ccc(Cn2c(SC[C@@H](C#N)CCC#N)nc3ccccc3c2=O)cc1. The van der Waals surface area contributed by atoms with Crippen molar-refractivity contribution in [1.82, 2.24) is 9.55 Å². The van der Waals surface area contributed by atoms with Crippen molar-refractivity contribution in [2.45, 2.75) is 31.5 Å². The Labute approximate surface area is 168 Å². The maximum absolute atomic E-state index is 13.1. The van der Waals surface area contributed by atoms with Gasteiger partial charge in [-0.3, -0.25) is 9.36 Å². The van der Waals surface area contributed by atoms with Gasteiger partial charge in [-0.25, -0.2) is 4.98 Å². The van der Waals surface area contributed by atoms with E-state index in [4.69, 9.17) is 5.26 Å². The van der Waals surface area contributed by atoms with E-state index in [2.05, 4.69) is 17.1 Å². The normalized spacial score (nSPS) is 11.7. The van der Waals surface area contributed by atoms with E-state index in [1.807, 2.05) is 49.4 Å². The summed E-state index contributed by atoms with van der Waals surface area (Å²) in [5, 5.41) is 19.3. The molecule has 0 bridgehead atoms. The van der Waals surface area contributed by atoms with Gasteiger partial charge in [-0.2, -0.15) is 10.5 Å². The summed E-state index contributed by atoms with van der Waals surface area (Å²) in [6, 6.07) is 19.7. The Bertz CT molecular complexity index is 1110. The van der Waals surface area contributed by atoms with Crippen molar-refractivity contribution in [3.8, 4) is 12.1 Å². The molecular weight excluding hydrogens is 368 g/mol. The second-order valence-electron chi connectivity index (χ2n) is 6.62. The fourth-order valence-electron chi connectivity index (χ4n) is 2.87. The average molecular weight is 388 g/mol. The Morgan fingerprint density at radius 2 is 1.89 bits per heavy atom. The molecule has 6 heteroatoms. The second kappa shape index (κ2) is 9.21. The minimum Gasteiger partial charge on any atom is -0.283 e. The zero-order valence-electron chi connectivity index (χ0n) is 15.6. The number of nitriles is 2. The molecule has 0 N–H and O–H groups in total. The van der Waals surface area contributed by atoms with E-state index in [-0.39, 0.29) is 11.5 Å². The summed E-state index contributed by atoms with van der Waals surface area (Å²) in [6.07, 6.45) is 0.871. The van der Waals surface area contributed by atoms with Crippen molar-refractivity contribution in [2.75, 3.05) is 5.75 Å². The first kappa shape index (κ1) is 19.7. The van der Waals surface area contributed by atoms with E-state index in [9.17, 15) is 10.1 Å². The molecule has 0 spiro atoms. The summed E-state index contributed by atoms with van der Waals surface area (Å²) in [4.78, 5) is 17.8. The van der Waals surface area contributed by atoms with Crippen molar-refractivity contribution in [2.24, 2.45) is 5.92 Å². The quantitative estimate of drug-likeness (QED) is 0.445. The van der Waals surface area contributed by atoms with Gasteiger partial charge in [0.2, 0.25) is 0 Å². The molecule has 0 aliphatic heterocycles. The van der Waals surface area contributed by atoms with Crippen LogP contribution < -0.4 is 5.56 Å². The summed E-state index contributed by atoms with van der Waals surface area (Å²) >= 11 is 1.40. The van der Waals surface area contributed by atoms with E-state index in [1.54, 1.807) is 10.6 Å². The molecule has 2 aromatic carbocycles. The van der Waals surface area contributed by atoms with Crippen LogP contribution in [0.2, 0.25) is 0 Å². The number of para-hydroxylation sites is 1. The molecule has 0 saturated carbocycles. The third kappa shape index (κ3) is 4.60. The number of aromatic nitrogens is 2. The number of hydrogen-bond donors (Lipinski definition) is 0. The fraction of sp³-hybridized carbons (Fsp3) is 0.273. The molecule has 1 atom stereocenters. The standard InChI is InChI=1S/C22H20N4OS/c1-16-8-10-17(11-9-16)14-26-21(27)19-6-2-3-7-20(19)25-22(26)28-15-18(13-24)5-4-12-23/h2-3,6-11,18H,4-5,14-15H2,1H3/t18-/m1/s1. The van der Waals surface area contributed by atoms with Gasteiger partial charge in [0.1, 0.15) is 0 Å². The molecule has 1 heterocycles. The number of nitrogens with zero attached hydrogens (tertiary/aromatic N) is 4. The van der Waals surface area contributed by atoms with Gasteiger partial charge >= 0.3 is 0 Å². The zero-order valence-corrected chi connectivity index (χ0v) is 16.4. The van der Waals surface area contributed by atoms with Crippen LogP contribution in [0.15, 0.2) is 58.5 Å². The van der Waals surface area contributed by atoms with E-state index >= 15 is 0 Å².